The fraction of sp³-hybridized carbons (Fsp3) is 0.400. The lowest BCUT2D eigenvalue weighted by Crippen LogP contribution is -2.33. The molecule has 0 bridgehead atoms. The number of nitrogens with one attached hydrogen (secondary N) is 2. The molecular formula is C15H21N3O3. The Hall–Kier alpha value is -2.37. The van der Waals surface area contributed by atoms with Gasteiger partial charge in [-0.1, -0.05) is 25.5 Å². The van der Waals surface area contributed by atoms with Gasteiger partial charge in [-0.15, -0.1) is 0 Å². The van der Waals surface area contributed by atoms with Crippen LogP contribution < -0.4 is 15.5 Å². The Kier molecular flexibility index (Phi) is 6.94. The molecule has 2 amide bonds. The molecule has 0 radical (unpaired) electrons. The van der Waals surface area contributed by atoms with Crippen molar-refractivity contribution < 1.29 is 14.3 Å². The molecule has 1 aromatic rings. The van der Waals surface area contributed by atoms with E-state index in [0.29, 0.717) is 11.4 Å². The summed E-state index contributed by atoms with van der Waals surface area (Å²) in [5.41, 5.74) is 3.47. The number of hydrogen-bond donors (Lipinski definition) is 2. The van der Waals surface area contributed by atoms with Gasteiger partial charge in [-0.25, -0.2) is 5.43 Å². The maximum Gasteiger partial charge on any atom is 0.329 e. The smallest absolute Gasteiger partial charge is 0.329 e. The molecule has 0 aliphatic carbocycles. The molecule has 6 heteroatoms. The molecular weight excluding hydrogens is 270 g/mol. The first-order chi connectivity index (χ1) is 10.1. The lowest BCUT2D eigenvalue weighted by atomic mass is 10.2. The molecule has 0 saturated carbocycles. The van der Waals surface area contributed by atoms with Gasteiger partial charge in [0.15, 0.2) is 0 Å². The Morgan fingerprint density at radius 3 is 2.62 bits per heavy atom. The van der Waals surface area contributed by atoms with Crippen LogP contribution in [0.15, 0.2) is 29.4 Å². The maximum absolute atomic E-state index is 11.8. The van der Waals surface area contributed by atoms with Crippen molar-refractivity contribution in [2.75, 3.05) is 12.4 Å². The fourth-order valence-corrected chi connectivity index (χ4v) is 1.61. The number of carbonyl (C=O) groups is 2. The van der Waals surface area contributed by atoms with E-state index >= 15 is 0 Å². The van der Waals surface area contributed by atoms with Crippen molar-refractivity contribution >= 4 is 23.2 Å². The molecule has 2 N–H and O–H groups in total. The van der Waals surface area contributed by atoms with Crippen LogP contribution in [-0.4, -0.2) is 24.6 Å². The van der Waals surface area contributed by atoms with Gasteiger partial charge in [0.05, 0.1) is 12.8 Å². The van der Waals surface area contributed by atoms with Crippen LogP contribution in [-0.2, 0) is 9.59 Å². The first-order valence-corrected chi connectivity index (χ1v) is 6.86. The number of rotatable bonds is 6. The summed E-state index contributed by atoms with van der Waals surface area (Å²) >= 11 is 0. The average Bonchev–Trinajstić information content (AvgIpc) is 2.50. The minimum atomic E-state index is -0.809. The van der Waals surface area contributed by atoms with Crippen molar-refractivity contribution in [3.63, 3.8) is 0 Å². The van der Waals surface area contributed by atoms with Gasteiger partial charge in [-0.2, -0.15) is 5.10 Å². The number of anilines is 1. The number of methoxy groups -OCH3 is 1. The summed E-state index contributed by atoms with van der Waals surface area (Å²) in [6, 6.07) is 6.86. The number of carbonyl (C=O) groups excluding carboxylic acids is 2. The second-order valence-electron chi connectivity index (χ2n) is 4.55. The van der Waals surface area contributed by atoms with E-state index < -0.39 is 11.8 Å². The summed E-state index contributed by atoms with van der Waals surface area (Å²) in [5, 5.41) is 6.37. The zero-order chi connectivity index (χ0) is 15.7. The Morgan fingerprint density at radius 2 is 1.95 bits per heavy atom. The van der Waals surface area contributed by atoms with E-state index in [-0.39, 0.29) is 0 Å². The summed E-state index contributed by atoms with van der Waals surface area (Å²) in [6.45, 7) is 3.89. The van der Waals surface area contributed by atoms with Gasteiger partial charge in [0, 0.05) is 5.71 Å². The lowest BCUT2D eigenvalue weighted by molar-refractivity contribution is -0.136. The highest BCUT2D eigenvalue weighted by atomic mass is 16.5. The van der Waals surface area contributed by atoms with Gasteiger partial charge in [0.2, 0.25) is 0 Å². The Bertz CT molecular complexity index is 527. The monoisotopic (exact) mass is 291 g/mol. The van der Waals surface area contributed by atoms with Gasteiger partial charge in [0.25, 0.3) is 0 Å². The van der Waals surface area contributed by atoms with Crippen molar-refractivity contribution in [2.45, 2.75) is 33.1 Å². The van der Waals surface area contributed by atoms with Crippen LogP contribution in [0.25, 0.3) is 0 Å². The molecule has 1 rings (SSSR count). The van der Waals surface area contributed by atoms with E-state index in [1.54, 1.807) is 24.3 Å². The van der Waals surface area contributed by atoms with Gasteiger partial charge >= 0.3 is 11.8 Å². The highest BCUT2D eigenvalue weighted by Crippen LogP contribution is 2.22. The number of hydrogen-bond acceptors (Lipinski definition) is 4. The number of hydrazone groups is 1. The van der Waals surface area contributed by atoms with Crippen LogP contribution in [0.1, 0.15) is 33.1 Å². The molecule has 0 spiro atoms. The summed E-state index contributed by atoms with van der Waals surface area (Å²) < 4.78 is 5.09. The van der Waals surface area contributed by atoms with Crippen molar-refractivity contribution in [3.05, 3.63) is 24.3 Å². The zero-order valence-corrected chi connectivity index (χ0v) is 12.6. The Morgan fingerprint density at radius 1 is 1.24 bits per heavy atom. The predicted octanol–water partition coefficient (Wildman–Crippen LogP) is 2.32. The standard InChI is InChI=1S/C15H21N3O3/c1-4-5-8-11(2)17-18-15(20)14(19)16-12-9-6-7-10-13(12)21-3/h6-7,9-10H,4-5,8H2,1-3H3,(H,16,19)(H,18,20)/b17-11+. The normalized spacial score (nSPS) is 10.9. The second-order valence-corrected chi connectivity index (χ2v) is 4.55. The van der Waals surface area contributed by atoms with E-state index in [1.165, 1.54) is 7.11 Å². The molecule has 21 heavy (non-hydrogen) atoms. The molecule has 0 atom stereocenters. The van der Waals surface area contributed by atoms with Crippen LogP contribution in [0.2, 0.25) is 0 Å². The van der Waals surface area contributed by atoms with Crippen LogP contribution in [0.5, 0.6) is 5.75 Å². The van der Waals surface area contributed by atoms with E-state index in [9.17, 15) is 9.59 Å². The van der Waals surface area contributed by atoms with Gasteiger partial charge in [-0.3, -0.25) is 9.59 Å². The SMILES string of the molecule is CCCC/C(C)=N/NC(=O)C(=O)Nc1ccccc1OC. The largest absolute Gasteiger partial charge is 0.495 e. The number of nitrogens with zero attached hydrogens (tertiary/aromatic N) is 1. The van der Waals surface area contributed by atoms with E-state index in [2.05, 4.69) is 22.8 Å². The molecule has 0 saturated heterocycles. The predicted molar refractivity (Wildman–Crippen MR) is 82.4 cm³/mol. The third-order valence-corrected chi connectivity index (χ3v) is 2.80. The molecule has 114 valence electrons. The van der Waals surface area contributed by atoms with Gasteiger partial charge in [-0.05, 0) is 31.9 Å². The van der Waals surface area contributed by atoms with Crippen molar-refractivity contribution in [1.82, 2.24) is 5.43 Å². The van der Waals surface area contributed by atoms with Crippen LogP contribution in [0, 0.1) is 0 Å². The van der Waals surface area contributed by atoms with Crippen LogP contribution in [0.3, 0.4) is 0 Å². The van der Waals surface area contributed by atoms with Crippen molar-refractivity contribution in [3.8, 4) is 5.75 Å². The summed E-state index contributed by atoms with van der Waals surface area (Å²) in [6.07, 6.45) is 2.85. The quantitative estimate of drug-likeness (QED) is 0.479. The number of ether oxygens (including phenoxy) is 1. The number of unbranched alkanes of at least 4 members (excludes halogenated alkanes) is 1. The van der Waals surface area contributed by atoms with E-state index in [4.69, 9.17) is 4.74 Å². The van der Waals surface area contributed by atoms with Crippen molar-refractivity contribution in [1.29, 1.82) is 0 Å². The molecule has 0 aliphatic heterocycles. The van der Waals surface area contributed by atoms with Crippen LogP contribution in [0.4, 0.5) is 5.69 Å². The molecule has 6 nitrogen and oxygen atoms in total. The van der Waals surface area contributed by atoms with Gasteiger partial charge in [0.1, 0.15) is 5.75 Å². The highest BCUT2D eigenvalue weighted by molar-refractivity contribution is 6.39. The first kappa shape index (κ1) is 16.7. The molecule has 0 aliphatic rings. The first-order valence-electron chi connectivity index (χ1n) is 6.86. The summed E-state index contributed by atoms with van der Waals surface area (Å²) in [4.78, 5) is 23.4. The molecule has 0 fully saturated rings. The molecule has 0 aromatic heterocycles. The third kappa shape index (κ3) is 5.64. The third-order valence-electron chi connectivity index (χ3n) is 2.80. The van der Waals surface area contributed by atoms with E-state index in [0.717, 1.165) is 25.0 Å². The molecule has 0 heterocycles. The number of benzene rings is 1. The van der Waals surface area contributed by atoms with Crippen LogP contribution >= 0.6 is 0 Å². The maximum atomic E-state index is 11.8. The lowest BCUT2D eigenvalue weighted by Gasteiger charge is -2.08. The van der Waals surface area contributed by atoms with Gasteiger partial charge < -0.3 is 10.1 Å². The summed E-state index contributed by atoms with van der Waals surface area (Å²) in [5.74, 6) is -1.11. The minimum Gasteiger partial charge on any atom is -0.495 e. The minimum absolute atomic E-state index is 0.437. The average molecular weight is 291 g/mol. The second kappa shape index (κ2) is 8.73. The van der Waals surface area contributed by atoms with E-state index in [1.807, 2.05) is 6.92 Å². The highest BCUT2D eigenvalue weighted by Gasteiger charge is 2.15. The zero-order valence-electron chi connectivity index (χ0n) is 12.6. The fourth-order valence-electron chi connectivity index (χ4n) is 1.61. The Balaban J connectivity index is 2.57. The number of amides is 2. The Labute approximate surface area is 124 Å². The number of para-hydroxylation sites is 2. The molecule has 0 unspecified atom stereocenters. The molecule has 1 aromatic carbocycles. The van der Waals surface area contributed by atoms with Crippen molar-refractivity contribution in [2.24, 2.45) is 5.10 Å². The summed E-state index contributed by atoms with van der Waals surface area (Å²) in [7, 11) is 1.49. The topological polar surface area (TPSA) is 79.8 Å².